The molecular formula is C17H13NO4. The Balaban J connectivity index is 2.05. The van der Waals surface area contributed by atoms with Crippen LogP contribution >= 0.6 is 0 Å². The largest absolute Gasteiger partial charge is 0.502 e. The number of aryl methyl sites for hydroxylation is 1. The molecule has 0 saturated carbocycles. The van der Waals surface area contributed by atoms with Gasteiger partial charge in [0.25, 0.3) is 5.91 Å². The molecule has 0 aliphatic heterocycles. The van der Waals surface area contributed by atoms with Crippen LogP contribution in [0.15, 0.2) is 57.9 Å². The van der Waals surface area contributed by atoms with Crippen LogP contribution in [-0.2, 0) is 0 Å². The fourth-order valence-corrected chi connectivity index (χ4v) is 2.33. The van der Waals surface area contributed by atoms with Crippen LogP contribution in [0.5, 0.6) is 5.75 Å². The van der Waals surface area contributed by atoms with Gasteiger partial charge >= 0.3 is 0 Å². The molecule has 0 aliphatic carbocycles. The SMILES string of the molecule is Cc1occ(O)c(=O)c1C(=O)Nc1cccc2ccccc12. The first-order valence-electron chi connectivity index (χ1n) is 6.68. The molecule has 2 aromatic carbocycles. The molecule has 0 atom stereocenters. The lowest BCUT2D eigenvalue weighted by molar-refractivity contribution is 0.102. The maximum Gasteiger partial charge on any atom is 0.263 e. The Hall–Kier alpha value is -3.08. The van der Waals surface area contributed by atoms with Gasteiger partial charge in [0.1, 0.15) is 17.6 Å². The number of rotatable bonds is 2. The monoisotopic (exact) mass is 295 g/mol. The third kappa shape index (κ3) is 2.33. The summed E-state index contributed by atoms with van der Waals surface area (Å²) in [4.78, 5) is 24.3. The average Bonchev–Trinajstić information content (AvgIpc) is 2.52. The molecule has 5 heteroatoms. The van der Waals surface area contributed by atoms with Crippen molar-refractivity contribution < 1.29 is 14.3 Å². The Kier molecular flexibility index (Phi) is 3.39. The van der Waals surface area contributed by atoms with E-state index in [1.807, 2.05) is 36.4 Å². The molecule has 0 radical (unpaired) electrons. The Morgan fingerprint density at radius 3 is 2.68 bits per heavy atom. The highest BCUT2D eigenvalue weighted by Crippen LogP contribution is 2.23. The van der Waals surface area contributed by atoms with E-state index in [0.717, 1.165) is 17.0 Å². The number of hydrogen-bond acceptors (Lipinski definition) is 4. The second-order valence-corrected chi connectivity index (χ2v) is 4.86. The van der Waals surface area contributed by atoms with Gasteiger partial charge in [-0.3, -0.25) is 9.59 Å². The maximum atomic E-state index is 12.4. The maximum absolute atomic E-state index is 12.4. The van der Waals surface area contributed by atoms with Crippen molar-refractivity contribution in [2.75, 3.05) is 5.32 Å². The first kappa shape index (κ1) is 13.9. The van der Waals surface area contributed by atoms with Crippen molar-refractivity contribution in [2.45, 2.75) is 6.92 Å². The molecule has 0 spiro atoms. The summed E-state index contributed by atoms with van der Waals surface area (Å²) in [6, 6.07) is 13.1. The number of aromatic hydroxyl groups is 1. The lowest BCUT2D eigenvalue weighted by Crippen LogP contribution is -2.22. The van der Waals surface area contributed by atoms with Gasteiger partial charge in [-0.2, -0.15) is 0 Å². The average molecular weight is 295 g/mol. The van der Waals surface area contributed by atoms with Crippen LogP contribution in [0.4, 0.5) is 5.69 Å². The summed E-state index contributed by atoms with van der Waals surface area (Å²) in [6.45, 7) is 1.50. The zero-order valence-corrected chi connectivity index (χ0v) is 11.8. The van der Waals surface area contributed by atoms with Gasteiger partial charge < -0.3 is 14.8 Å². The lowest BCUT2D eigenvalue weighted by atomic mass is 10.1. The molecule has 3 aromatic rings. The van der Waals surface area contributed by atoms with Crippen LogP contribution in [0.2, 0.25) is 0 Å². The summed E-state index contributed by atoms with van der Waals surface area (Å²) in [5.74, 6) is -1.05. The molecule has 0 saturated heterocycles. The first-order valence-corrected chi connectivity index (χ1v) is 6.68. The number of anilines is 1. The van der Waals surface area contributed by atoms with Gasteiger partial charge in [-0.05, 0) is 18.4 Å². The van der Waals surface area contributed by atoms with Crippen molar-refractivity contribution in [3.05, 3.63) is 70.3 Å². The van der Waals surface area contributed by atoms with Crippen molar-refractivity contribution in [3.8, 4) is 5.75 Å². The minimum Gasteiger partial charge on any atom is -0.502 e. The molecule has 3 rings (SSSR count). The molecular weight excluding hydrogens is 282 g/mol. The topological polar surface area (TPSA) is 79.5 Å². The van der Waals surface area contributed by atoms with Crippen molar-refractivity contribution in [1.82, 2.24) is 0 Å². The Bertz CT molecular complexity index is 922. The highest BCUT2D eigenvalue weighted by atomic mass is 16.4. The van der Waals surface area contributed by atoms with Crippen LogP contribution in [-0.4, -0.2) is 11.0 Å². The molecule has 110 valence electrons. The number of amides is 1. The van der Waals surface area contributed by atoms with E-state index in [0.29, 0.717) is 5.69 Å². The van der Waals surface area contributed by atoms with Crippen molar-refractivity contribution in [2.24, 2.45) is 0 Å². The van der Waals surface area contributed by atoms with E-state index in [4.69, 9.17) is 4.42 Å². The minimum absolute atomic E-state index is 0.153. The number of nitrogens with one attached hydrogen (secondary N) is 1. The normalized spacial score (nSPS) is 10.6. The van der Waals surface area contributed by atoms with Crippen molar-refractivity contribution in [3.63, 3.8) is 0 Å². The second kappa shape index (κ2) is 5.37. The molecule has 1 heterocycles. The van der Waals surface area contributed by atoms with Crippen LogP contribution in [0.3, 0.4) is 0 Å². The Morgan fingerprint density at radius 2 is 1.86 bits per heavy atom. The smallest absolute Gasteiger partial charge is 0.263 e. The molecule has 5 nitrogen and oxygen atoms in total. The third-order valence-corrected chi connectivity index (χ3v) is 3.42. The van der Waals surface area contributed by atoms with Gasteiger partial charge in [-0.1, -0.05) is 36.4 Å². The van der Waals surface area contributed by atoms with E-state index >= 15 is 0 Å². The van der Waals surface area contributed by atoms with Crippen LogP contribution in [0.1, 0.15) is 16.1 Å². The molecule has 0 aliphatic rings. The van der Waals surface area contributed by atoms with E-state index in [1.165, 1.54) is 6.92 Å². The molecule has 0 fully saturated rings. The fraction of sp³-hybridized carbons (Fsp3) is 0.0588. The van der Waals surface area contributed by atoms with Crippen LogP contribution in [0, 0.1) is 6.92 Å². The van der Waals surface area contributed by atoms with E-state index in [1.54, 1.807) is 6.07 Å². The predicted octanol–water partition coefficient (Wildman–Crippen LogP) is 3.06. The van der Waals surface area contributed by atoms with E-state index in [9.17, 15) is 14.7 Å². The second-order valence-electron chi connectivity index (χ2n) is 4.86. The minimum atomic E-state index is -0.749. The number of carbonyl (C=O) groups is 1. The molecule has 1 amide bonds. The Morgan fingerprint density at radius 1 is 1.14 bits per heavy atom. The van der Waals surface area contributed by atoms with Crippen LogP contribution < -0.4 is 10.7 Å². The van der Waals surface area contributed by atoms with Crippen molar-refractivity contribution in [1.29, 1.82) is 0 Å². The summed E-state index contributed by atoms with van der Waals surface area (Å²) >= 11 is 0. The number of carbonyl (C=O) groups excluding carboxylic acids is 1. The van der Waals surface area contributed by atoms with Crippen LogP contribution in [0.25, 0.3) is 10.8 Å². The van der Waals surface area contributed by atoms with Gasteiger partial charge in [-0.15, -0.1) is 0 Å². The highest BCUT2D eigenvalue weighted by Gasteiger charge is 2.18. The summed E-state index contributed by atoms with van der Waals surface area (Å²) in [5, 5.41) is 14.0. The lowest BCUT2D eigenvalue weighted by Gasteiger charge is -2.09. The van der Waals surface area contributed by atoms with Gasteiger partial charge in [0.2, 0.25) is 5.43 Å². The number of benzene rings is 2. The van der Waals surface area contributed by atoms with E-state index in [2.05, 4.69) is 5.32 Å². The van der Waals surface area contributed by atoms with E-state index in [-0.39, 0.29) is 11.3 Å². The predicted molar refractivity (Wildman–Crippen MR) is 83.3 cm³/mol. The Labute approximate surface area is 125 Å². The molecule has 2 N–H and O–H groups in total. The summed E-state index contributed by atoms with van der Waals surface area (Å²) in [7, 11) is 0. The standard InChI is InChI=1S/C17H13NO4/c1-10-15(16(20)14(19)9-22-10)17(21)18-13-8-4-6-11-5-2-3-7-12(11)13/h2-9,19H,1H3,(H,18,21). The summed E-state index contributed by atoms with van der Waals surface area (Å²) < 4.78 is 5.01. The number of fused-ring (bicyclic) bond motifs is 1. The van der Waals surface area contributed by atoms with Gasteiger partial charge in [0.05, 0.1) is 0 Å². The zero-order valence-electron chi connectivity index (χ0n) is 11.8. The molecule has 22 heavy (non-hydrogen) atoms. The summed E-state index contributed by atoms with van der Waals surface area (Å²) in [5.41, 5.74) is -0.361. The van der Waals surface area contributed by atoms with Gasteiger partial charge in [-0.25, -0.2) is 0 Å². The first-order chi connectivity index (χ1) is 10.6. The molecule has 0 unspecified atom stereocenters. The zero-order chi connectivity index (χ0) is 15.7. The quantitative estimate of drug-likeness (QED) is 0.761. The third-order valence-electron chi connectivity index (χ3n) is 3.42. The highest BCUT2D eigenvalue weighted by molar-refractivity contribution is 6.09. The molecule has 0 bridgehead atoms. The van der Waals surface area contributed by atoms with Gasteiger partial charge in [0, 0.05) is 11.1 Å². The molecule has 1 aromatic heterocycles. The summed E-state index contributed by atoms with van der Waals surface area (Å²) in [6.07, 6.45) is 0.923. The fourth-order valence-electron chi connectivity index (χ4n) is 2.33. The van der Waals surface area contributed by atoms with Gasteiger partial charge in [0.15, 0.2) is 5.75 Å². The number of hydrogen-bond donors (Lipinski definition) is 2. The van der Waals surface area contributed by atoms with E-state index < -0.39 is 17.1 Å². The van der Waals surface area contributed by atoms with Crippen molar-refractivity contribution >= 4 is 22.4 Å².